The summed E-state index contributed by atoms with van der Waals surface area (Å²) in [6, 6.07) is 0. The van der Waals surface area contributed by atoms with Gasteiger partial charge in [0.2, 0.25) is 5.91 Å². The second kappa shape index (κ2) is 3.61. The minimum atomic E-state index is -5.00. The minimum Gasteiger partial charge on any atom is -0.288 e. The number of rotatable bonds is 1. The third kappa shape index (κ3) is 1.96. The number of hydrogen-bond donors (Lipinski definition) is 1. The first kappa shape index (κ1) is 11.2. The molecule has 0 heterocycles. The van der Waals surface area contributed by atoms with E-state index in [0.717, 1.165) is 6.42 Å². The smallest absolute Gasteiger partial charge is 0.288 e. The number of carbonyl (C=O) groups is 2. The van der Waals surface area contributed by atoms with Gasteiger partial charge in [-0.15, -0.1) is 0 Å². The Bertz CT molecular complexity index is 362. The lowest BCUT2D eigenvalue weighted by Gasteiger charge is -2.17. The quantitative estimate of drug-likeness (QED) is 0.696. The van der Waals surface area contributed by atoms with Crippen LogP contribution in [0.4, 0.5) is 13.2 Å². The van der Waals surface area contributed by atoms with Crippen LogP contribution < -0.4 is 5.32 Å². The number of hydrogen-bond acceptors (Lipinski definition) is 2. The number of nitrogens with one attached hydrogen (secondary N) is 1. The molecule has 0 aliphatic heterocycles. The lowest BCUT2D eigenvalue weighted by atomic mass is 9.93. The summed E-state index contributed by atoms with van der Waals surface area (Å²) < 4.78 is 35.7. The SMILES string of the molecule is O=C(NC(=O)C(F)(F)F)C1CC2C=CC1C2. The number of carbonyl (C=O) groups excluding carboxylic acids is 2. The number of amides is 2. The summed E-state index contributed by atoms with van der Waals surface area (Å²) in [4.78, 5) is 22.0. The van der Waals surface area contributed by atoms with Crippen molar-refractivity contribution in [3.05, 3.63) is 12.2 Å². The Labute approximate surface area is 89.7 Å². The van der Waals surface area contributed by atoms with Gasteiger partial charge in [-0.25, -0.2) is 0 Å². The summed E-state index contributed by atoms with van der Waals surface area (Å²) in [5.41, 5.74) is 0. The maximum atomic E-state index is 11.9. The maximum Gasteiger partial charge on any atom is 0.471 e. The predicted molar refractivity (Wildman–Crippen MR) is 48.0 cm³/mol. The molecule has 0 aromatic carbocycles. The number of fused-ring (bicyclic) bond motifs is 2. The van der Waals surface area contributed by atoms with E-state index in [2.05, 4.69) is 0 Å². The molecule has 3 atom stereocenters. The standard InChI is InChI=1S/C10H10F3NO2/c11-10(12,13)9(16)14-8(15)7-4-5-1-2-6(7)3-5/h1-2,5-7H,3-4H2,(H,14,15,16). The Morgan fingerprint density at radius 1 is 1.19 bits per heavy atom. The average molecular weight is 233 g/mol. The highest BCUT2D eigenvalue weighted by atomic mass is 19.4. The molecule has 2 amide bonds. The molecule has 0 aromatic rings. The van der Waals surface area contributed by atoms with Crippen molar-refractivity contribution in [2.45, 2.75) is 19.0 Å². The summed E-state index contributed by atoms with van der Waals surface area (Å²) >= 11 is 0. The van der Waals surface area contributed by atoms with Crippen molar-refractivity contribution in [2.24, 2.45) is 17.8 Å². The summed E-state index contributed by atoms with van der Waals surface area (Å²) in [5.74, 6) is -3.20. The van der Waals surface area contributed by atoms with Gasteiger partial charge in [0.05, 0.1) is 0 Å². The first-order chi connectivity index (χ1) is 7.38. The monoisotopic (exact) mass is 233 g/mol. The molecule has 2 aliphatic rings. The van der Waals surface area contributed by atoms with Gasteiger partial charge < -0.3 is 0 Å². The van der Waals surface area contributed by atoms with Gasteiger partial charge in [0.25, 0.3) is 0 Å². The number of alkyl halides is 3. The van der Waals surface area contributed by atoms with E-state index >= 15 is 0 Å². The Balaban J connectivity index is 1.95. The molecule has 88 valence electrons. The van der Waals surface area contributed by atoms with Crippen LogP contribution in [-0.4, -0.2) is 18.0 Å². The zero-order valence-electron chi connectivity index (χ0n) is 8.25. The van der Waals surface area contributed by atoms with Crippen molar-refractivity contribution >= 4 is 11.8 Å². The van der Waals surface area contributed by atoms with Crippen molar-refractivity contribution in [2.75, 3.05) is 0 Å². The van der Waals surface area contributed by atoms with Crippen LogP contribution in [0.15, 0.2) is 12.2 Å². The first-order valence-corrected chi connectivity index (χ1v) is 4.98. The van der Waals surface area contributed by atoms with E-state index < -0.39 is 23.9 Å². The van der Waals surface area contributed by atoms with Crippen molar-refractivity contribution in [1.29, 1.82) is 0 Å². The molecule has 0 aromatic heterocycles. The van der Waals surface area contributed by atoms with E-state index in [-0.39, 0.29) is 11.8 Å². The second-order valence-electron chi connectivity index (χ2n) is 4.20. The van der Waals surface area contributed by atoms with E-state index in [4.69, 9.17) is 0 Å². The largest absolute Gasteiger partial charge is 0.471 e. The summed E-state index contributed by atoms with van der Waals surface area (Å²) in [6.07, 6.45) is 0.163. The number of halogens is 3. The molecule has 3 nitrogen and oxygen atoms in total. The minimum absolute atomic E-state index is 0.00830. The molecular formula is C10H10F3NO2. The Morgan fingerprint density at radius 3 is 2.31 bits per heavy atom. The Hall–Kier alpha value is -1.33. The molecule has 2 rings (SSSR count). The van der Waals surface area contributed by atoms with Crippen LogP contribution in [0.25, 0.3) is 0 Å². The van der Waals surface area contributed by atoms with Crippen molar-refractivity contribution in [3.8, 4) is 0 Å². The fourth-order valence-corrected chi connectivity index (χ4v) is 2.36. The molecule has 0 radical (unpaired) electrons. The molecule has 0 saturated heterocycles. The van der Waals surface area contributed by atoms with Gasteiger partial charge in [-0.3, -0.25) is 14.9 Å². The third-order valence-corrected chi connectivity index (χ3v) is 3.11. The lowest BCUT2D eigenvalue weighted by molar-refractivity contribution is -0.175. The lowest BCUT2D eigenvalue weighted by Crippen LogP contribution is -2.44. The van der Waals surface area contributed by atoms with Gasteiger partial charge in [0, 0.05) is 5.92 Å². The molecule has 1 fully saturated rings. The van der Waals surface area contributed by atoms with Crippen LogP contribution in [0.3, 0.4) is 0 Å². The fourth-order valence-electron chi connectivity index (χ4n) is 2.36. The summed E-state index contributed by atoms with van der Waals surface area (Å²) in [6.45, 7) is 0. The van der Waals surface area contributed by atoms with Crippen molar-refractivity contribution < 1.29 is 22.8 Å². The third-order valence-electron chi connectivity index (χ3n) is 3.11. The van der Waals surface area contributed by atoms with Gasteiger partial charge in [0.1, 0.15) is 0 Å². The first-order valence-electron chi connectivity index (χ1n) is 4.98. The summed E-state index contributed by atoms with van der Waals surface area (Å²) in [7, 11) is 0. The molecule has 3 unspecified atom stereocenters. The van der Waals surface area contributed by atoms with Gasteiger partial charge >= 0.3 is 12.1 Å². The number of imide groups is 1. The molecule has 0 spiro atoms. The highest BCUT2D eigenvalue weighted by molar-refractivity contribution is 5.99. The Morgan fingerprint density at radius 2 is 1.88 bits per heavy atom. The van der Waals surface area contributed by atoms with E-state index in [1.54, 1.807) is 0 Å². The van der Waals surface area contributed by atoms with Crippen LogP contribution in [-0.2, 0) is 9.59 Å². The highest BCUT2D eigenvalue weighted by Gasteiger charge is 2.44. The predicted octanol–water partition coefficient (Wildman–Crippen LogP) is 1.40. The molecule has 16 heavy (non-hydrogen) atoms. The van der Waals surface area contributed by atoms with Crippen molar-refractivity contribution in [3.63, 3.8) is 0 Å². The normalized spacial score (nSPS) is 31.8. The average Bonchev–Trinajstić information content (AvgIpc) is 2.76. The molecule has 1 N–H and O–H groups in total. The fraction of sp³-hybridized carbons (Fsp3) is 0.600. The molecule has 2 bridgehead atoms. The van der Waals surface area contributed by atoms with Crippen molar-refractivity contribution in [1.82, 2.24) is 5.32 Å². The van der Waals surface area contributed by atoms with Gasteiger partial charge in [-0.1, -0.05) is 12.2 Å². The van der Waals surface area contributed by atoms with Crippen LogP contribution >= 0.6 is 0 Å². The van der Waals surface area contributed by atoms with Gasteiger partial charge in [-0.2, -0.15) is 13.2 Å². The Kier molecular flexibility index (Phi) is 2.52. The molecule has 1 saturated carbocycles. The molecule has 6 heteroatoms. The zero-order valence-corrected chi connectivity index (χ0v) is 8.25. The van der Waals surface area contributed by atoms with Gasteiger partial charge in [-0.05, 0) is 24.7 Å². The molecule has 2 aliphatic carbocycles. The van der Waals surface area contributed by atoms with Crippen LogP contribution in [0.2, 0.25) is 0 Å². The van der Waals surface area contributed by atoms with E-state index in [1.165, 1.54) is 5.32 Å². The highest BCUT2D eigenvalue weighted by Crippen LogP contribution is 2.43. The van der Waals surface area contributed by atoms with Gasteiger partial charge in [0.15, 0.2) is 0 Å². The van der Waals surface area contributed by atoms with E-state index in [9.17, 15) is 22.8 Å². The second-order valence-corrected chi connectivity index (χ2v) is 4.20. The zero-order chi connectivity index (χ0) is 11.9. The maximum absolute atomic E-state index is 11.9. The van der Waals surface area contributed by atoms with Crippen LogP contribution in [0.1, 0.15) is 12.8 Å². The molecular weight excluding hydrogens is 223 g/mol. The van der Waals surface area contributed by atoms with Crippen LogP contribution in [0.5, 0.6) is 0 Å². The number of allylic oxidation sites excluding steroid dienone is 2. The topological polar surface area (TPSA) is 46.2 Å². The van der Waals surface area contributed by atoms with E-state index in [0.29, 0.717) is 6.42 Å². The summed E-state index contributed by atoms with van der Waals surface area (Å²) in [5, 5.41) is 1.41. The van der Waals surface area contributed by atoms with E-state index in [1.807, 2.05) is 12.2 Å². The van der Waals surface area contributed by atoms with Crippen LogP contribution in [0, 0.1) is 17.8 Å².